The quantitative estimate of drug-likeness (QED) is 0.723. The molecule has 1 heterocycles. The summed E-state index contributed by atoms with van der Waals surface area (Å²) in [7, 11) is 0. The van der Waals surface area contributed by atoms with Crippen LogP contribution in [0.15, 0.2) is 0 Å². The summed E-state index contributed by atoms with van der Waals surface area (Å²) < 4.78 is 0. The van der Waals surface area contributed by atoms with E-state index in [-0.39, 0.29) is 0 Å². The van der Waals surface area contributed by atoms with E-state index in [2.05, 4.69) is 4.90 Å². The lowest BCUT2D eigenvalue weighted by Crippen LogP contribution is -2.53. The Hall–Kier alpha value is -0.120. The van der Waals surface area contributed by atoms with E-state index < -0.39 is 11.7 Å². The average Bonchev–Trinajstić information content (AvgIpc) is 2.24. The van der Waals surface area contributed by atoms with E-state index in [1.165, 1.54) is 19.3 Å². The van der Waals surface area contributed by atoms with Gasteiger partial charge in [-0.1, -0.05) is 19.3 Å². The molecule has 0 unspecified atom stereocenters. The van der Waals surface area contributed by atoms with E-state index in [1.54, 1.807) is 0 Å². The van der Waals surface area contributed by atoms with Gasteiger partial charge >= 0.3 is 0 Å². The van der Waals surface area contributed by atoms with Gasteiger partial charge in [0.15, 0.2) is 0 Å². The molecular formula is C12H23NO2. The number of aliphatic hydroxyl groups excluding tert-OH is 1. The number of rotatable bonds is 2. The molecule has 0 radical (unpaired) electrons. The van der Waals surface area contributed by atoms with Crippen LogP contribution in [0.25, 0.3) is 0 Å². The second-order valence-corrected chi connectivity index (χ2v) is 5.20. The first-order chi connectivity index (χ1) is 7.21. The lowest BCUT2D eigenvalue weighted by molar-refractivity contribution is -0.116. The third-order valence-electron chi connectivity index (χ3n) is 3.90. The molecule has 2 N–H and O–H groups in total. The van der Waals surface area contributed by atoms with Crippen molar-refractivity contribution in [2.75, 3.05) is 19.6 Å². The molecule has 3 heteroatoms. The van der Waals surface area contributed by atoms with Gasteiger partial charge in [0, 0.05) is 6.54 Å². The van der Waals surface area contributed by atoms with E-state index in [0.717, 1.165) is 38.8 Å². The molecule has 2 atom stereocenters. The Morgan fingerprint density at radius 1 is 1.07 bits per heavy atom. The molecule has 15 heavy (non-hydrogen) atoms. The third-order valence-corrected chi connectivity index (χ3v) is 3.90. The standard InChI is InChI=1S/C12H23NO2/c14-11-6-2-3-7-12(11,15)10-13-8-4-1-5-9-13/h11,14-15H,1-10H2/t11-,12+/m0/s1. The van der Waals surface area contributed by atoms with Gasteiger partial charge in [-0.25, -0.2) is 0 Å². The third kappa shape index (κ3) is 2.71. The van der Waals surface area contributed by atoms with Crippen LogP contribution >= 0.6 is 0 Å². The largest absolute Gasteiger partial charge is 0.390 e. The number of likely N-dealkylation sites (tertiary alicyclic amines) is 1. The van der Waals surface area contributed by atoms with Gasteiger partial charge < -0.3 is 15.1 Å². The zero-order chi connectivity index (χ0) is 10.7. The fourth-order valence-corrected chi connectivity index (χ4v) is 2.89. The van der Waals surface area contributed by atoms with Crippen molar-refractivity contribution < 1.29 is 10.2 Å². The maximum absolute atomic E-state index is 10.4. The van der Waals surface area contributed by atoms with Crippen LogP contribution in [0, 0.1) is 0 Å². The van der Waals surface area contributed by atoms with Crippen LogP contribution in [0.2, 0.25) is 0 Å². The fraction of sp³-hybridized carbons (Fsp3) is 1.00. The van der Waals surface area contributed by atoms with Gasteiger partial charge in [0.25, 0.3) is 0 Å². The molecule has 0 spiro atoms. The van der Waals surface area contributed by atoms with Crippen molar-refractivity contribution in [3.8, 4) is 0 Å². The molecule has 2 fully saturated rings. The molecular weight excluding hydrogens is 190 g/mol. The molecule has 0 amide bonds. The van der Waals surface area contributed by atoms with E-state index >= 15 is 0 Å². The smallest absolute Gasteiger partial charge is 0.103 e. The molecule has 1 saturated heterocycles. The summed E-state index contributed by atoms with van der Waals surface area (Å²) >= 11 is 0. The van der Waals surface area contributed by atoms with Crippen LogP contribution in [-0.2, 0) is 0 Å². The molecule has 0 bridgehead atoms. The van der Waals surface area contributed by atoms with Crippen LogP contribution in [-0.4, -0.2) is 46.5 Å². The Bertz CT molecular complexity index is 204. The Labute approximate surface area is 92.1 Å². The van der Waals surface area contributed by atoms with Crippen molar-refractivity contribution in [3.63, 3.8) is 0 Å². The molecule has 1 saturated carbocycles. The maximum atomic E-state index is 10.4. The second kappa shape index (κ2) is 4.81. The molecule has 0 aromatic heterocycles. The van der Waals surface area contributed by atoms with Crippen LogP contribution in [0.4, 0.5) is 0 Å². The molecule has 2 aliphatic rings. The summed E-state index contributed by atoms with van der Waals surface area (Å²) in [5.41, 5.74) is -0.824. The zero-order valence-corrected chi connectivity index (χ0v) is 9.49. The lowest BCUT2D eigenvalue weighted by atomic mass is 9.81. The van der Waals surface area contributed by atoms with E-state index in [0.29, 0.717) is 6.54 Å². The molecule has 2 rings (SSSR count). The van der Waals surface area contributed by atoms with Crippen molar-refractivity contribution in [1.82, 2.24) is 4.90 Å². The van der Waals surface area contributed by atoms with Gasteiger partial charge in [-0.05, 0) is 38.8 Å². The van der Waals surface area contributed by atoms with Crippen molar-refractivity contribution in [2.24, 2.45) is 0 Å². The van der Waals surface area contributed by atoms with Crippen molar-refractivity contribution in [3.05, 3.63) is 0 Å². The number of piperidine rings is 1. The van der Waals surface area contributed by atoms with Gasteiger partial charge in [0.05, 0.1) is 6.10 Å². The first kappa shape index (κ1) is 11.4. The topological polar surface area (TPSA) is 43.7 Å². The summed E-state index contributed by atoms with van der Waals surface area (Å²) in [6, 6.07) is 0. The van der Waals surface area contributed by atoms with E-state index in [9.17, 15) is 10.2 Å². The lowest BCUT2D eigenvalue weighted by Gasteiger charge is -2.41. The predicted molar refractivity (Wildman–Crippen MR) is 59.7 cm³/mol. The monoisotopic (exact) mass is 213 g/mol. The maximum Gasteiger partial charge on any atom is 0.103 e. The number of hydrogen-bond donors (Lipinski definition) is 2. The highest BCUT2D eigenvalue weighted by Crippen LogP contribution is 2.30. The number of nitrogens with zero attached hydrogens (tertiary/aromatic N) is 1. The summed E-state index contributed by atoms with van der Waals surface area (Å²) in [5.74, 6) is 0. The van der Waals surface area contributed by atoms with Crippen molar-refractivity contribution in [2.45, 2.75) is 56.7 Å². The van der Waals surface area contributed by atoms with E-state index in [4.69, 9.17) is 0 Å². The van der Waals surface area contributed by atoms with Crippen molar-refractivity contribution >= 4 is 0 Å². The molecule has 3 nitrogen and oxygen atoms in total. The van der Waals surface area contributed by atoms with Gasteiger partial charge in [0.2, 0.25) is 0 Å². The SMILES string of the molecule is O[C@H]1CCCC[C@@]1(O)CN1CCCCC1. The van der Waals surface area contributed by atoms with Gasteiger partial charge in [-0.2, -0.15) is 0 Å². The van der Waals surface area contributed by atoms with Crippen LogP contribution < -0.4 is 0 Å². The van der Waals surface area contributed by atoms with Crippen LogP contribution in [0.5, 0.6) is 0 Å². The minimum Gasteiger partial charge on any atom is -0.390 e. The predicted octanol–water partition coefficient (Wildman–Crippen LogP) is 1.14. The second-order valence-electron chi connectivity index (χ2n) is 5.20. The van der Waals surface area contributed by atoms with Crippen LogP contribution in [0.1, 0.15) is 44.9 Å². The first-order valence-electron chi connectivity index (χ1n) is 6.33. The molecule has 1 aliphatic carbocycles. The first-order valence-corrected chi connectivity index (χ1v) is 6.33. The summed E-state index contributed by atoms with van der Waals surface area (Å²) in [6.45, 7) is 2.86. The molecule has 0 aromatic carbocycles. The van der Waals surface area contributed by atoms with E-state index in [1.807, 2.05) is 0 Å². The minimum absolute atomic E-state index is 0.506. The highest BCUT2D eigenvalue weighted by molar-refractivity contribution is 4.93. The van der Waals surface area contributed by atoms with Crippen LogP contribution in [0.3, 0.4) is 0 Å². The van der Waals surface area contributed by atoms with Crippen molar-refractivity contribution in [1.29, 1.82) is 0 Å². The normalized spacial score (nSPS) is 39.2. The zero-order valence-electron chi connectivity index (χ0n) is 9.49. The Kier molecular flexibility index (Phi) is 3.65. The van der Waals surface area contributed by atoms with Gasteiger partial charge in [-0.3, -0.25) is 0 Å². The minimum atomic E-state index is -0.824. The van der Waals surface area contributed by atoms with Gasteiger partial charge in [-0.15, -0.1) is 0 Å². The molecule has 0 aromatic rings. The highest BCUT2D eigenvalue weighted by Gasteiger charge is 2.39. The fourth-order valence-electron chi connectivity index (χ4n) is 2.89. The average molecular weight is 213 g/mol. The Morgan fingerprint density at radius 3 is 2.47 bits per heavy atom. The number of hydrogen-bond acceptors (Lipinski definition) is 3. The molecule has 88 valence electrons. The Balaban J connectivity index is 1.89. The summed E-state index contributed by atoms with van der Waals surface area (Å²) in [6.07, 6.45) is 6.95. The van der Waals surface area contributed by atoms with Gasteiger partial charge in [0.1, 0.15) is 5.60 Å². The molecule has 1 aliphatic heterocycles. The number of aliphatic hydroxyl groups is 2. The summed E-state index contributed by atoms with van der Waals surface area (Å²) in [5, 5.41) is 20.3. The summed E-state index contributed by atoms with van der Waals surface area (Å²) in [4.78, 5) is 2.32. The Morgan fingerprint density at radius 2 is 1.80 bits per heavy atom. The highest BCUT2D eigenvalue weighted by atomic mass is 16.3. The number of β-amino-alcohol motifs (C(OH)–C–C–N with tert-alkyl or cyclic N) is 1.